The van der Waals surface area contributed by atoms with Crippen LogP contribution in [0.25, 0.3) is 17.1 Å². The van der Waals surface area contributed by atoms with Gasteiger partial charge in [0.2, 0.25) is 5.90 Å². The van der Waals surface area contributed by atoms with E-state index in [0.717, 1.165) is 23.4 Å². The maximum absolute atomic E-state index is 6.52. The zero-order valence-corrected chi connectivity index (χ0v) is 18.6. The molecule has 0 spiro atoms. The summed E-state index contributed by atoms with van der Waals surface area (Å²) >= 11 is 18.7. The van der Waals surface area contributed by atoms with Gasteiger partial charge in [-0.2, -0.15) is 0 Å². The van der Waals surface area contributed by atoms with Crippen molar-refractivity contribution in [2.45, 2.75) is 39.3 Å². The Kier molecular flexibility index (Phi) is 5.60. The summed E-state index contributed by atoms with van der Waals surface area (Å²) in [7, 11) is 0. The summed E-state index contributed by atoms with van der Waals surface area (Å²) < 4.78 is 8.14. The van der Waals surface area contributed by atoms with Crippen molar-refractivity contribution >= 4 is 40.7 Å². The predicted octanol–water partition coefficient (Wildman–Crippen LogP) is 6.75. The molecule has 2 heterocycles. The second-order valence-electron chi connectivity index (χ2n) is 7.04. The van der Waals surface area contributed by atoms with E-state index in [1.165, 1.54) is 0 Å². The molecule has 7 heteroatoms. The maximum Gasteiger partial charge on any atom is 0.237 e. The minimum absolute atomic E-state index is 0.0626. The average molecular weight is 449 g/mol. The first-order chi connectivity index (χ1) is 13.9. The molecule has 0 amide bonds. The van der Waals surface area contributed by atoms with Gasteiger partial charge in [0.25, 0.3) is 0 Å². The van der Waals surface area contributed by atoms with Crippen LogP contribution in [-0.2, 0) is 4.74 Å². The van der Waals surface area contributed by atoms with Gasteiger partial charge in [0.15, 0.2) is 0 Å². The van der Waals surface area contributed by atoms with Gasteiger partial charge in [0.05, 0.1) is 16.8 Å². The number of hydrogen-bond donors (Lipinski definition) is 0. The van der Waals surface area contributed by atoms with Crippen LogP contribution in [0, 0.1) is 6.92 Å². The number of hydrogen-bond acceptors (Lipinski definition) is 3. The van der Waals surface area contributed by atoms with E-state index in [0.29, 0.717) is 32.5 Å². The standard InChI is InChI=1S/C22H20Cl3N3O/c1-4-19-12(2)26-22(29-19)20-13(3)28(16-8-5-14(23)6-9-16)21(27-20)17-10-7-15(24)11-18(17)25/h5-12,19H,4H2,1-3H3. The van der Waals surface area contributed by atoms with Gasteiger partial charge in [0.1, 0.15) is 17.6 Å². The molecule has 4 nitrogen and oxygen atoms in total. The Morgan fingerprint density at radius 3 is 2.34 bits per heavy atom. The Labute approximate surface area is 185 Å². The Bertz CT molecular complexity index is 1090. The second kappa shape index (κ2) is 8.02. The molecule has 4 rings (SSSR count). The third-order valence-electron chi connectivity index (χ3n) is 5.09. The molecule has 2 atom stereocenters. The lowest BCUT2D eigenvalue weighted by atomic mass is 10.1. The molecule has 1 aliphatic heterocycles. The van der Waals surface area contributed by atoms with Crippen molar-refractivity contribution in [3.05, 3.63) is 68.9 Å². The molecule has 0 bridgehead atoms. The molecule has 2 unspecified atom stereocenters. The second-order valence-corrected chi connectivity index (χ2v) is 8.32. The smallest absolute Gasteiger partial charge is 0.237 e. The van der Waals surface area contributed by atoms with Crippen LogP contribution in [0.4, 0.5) is 0 Å². The van der Waals surface area contributed by atoms with E-state index in [4.69, 9.17) is 49.5 Å². The molecule has 0 fully saturated rings. The highest BCUT2D eigenvalue weighted by atomic mass is 35.5. The molecule has 0 N–H and O–H groups in total. The molecule has 1 aliphatic rings. The van der Waals surface area contributed by atoms with E-state index < -0.39 is 0 Å². The van der Waals surface area contributed by atoms with E-state index in [1.807, 2.05) is 41.8 Å². The lowest BCUT2D eigenvalue weighted by molar-refractivity contribution is 0.193. The molecule has 2 aromatic carbocycles. The van der Waals surface area contributed by atoms with Gasteiger partial charge in [-0.05, 0) is 62.7 Å². The first kappa shape index (κ1) is 20.3. The van der Waals surface area contributed by atoms with Crippen molar-refractivity contribution in [3.8, 4) is 17.1 Å². The zero-order valence-electron chi connectivity index (χ0n) is 16.3. The van der Waals surface area contributed by atoms with Crippen LogP contribution >= 0.6 is 34.8 Å². The number of imidazole rings is 1. The molecular formula is C22H20Cl3N3O. The Morgan fingerprint density at radius 1 is 1.03 bits per heavy atom. The predicted molar refractivity (Wildman–Crippen MR) is 120 cm³/mol. The van der Waals surface area contributed by atoms with Crippen LogP contribution in [0.2, 0.25) is 15.1 Å². The van der Waals surface area contributed by atoms with Gasteiger partial charge < -0.3 is 4.74 Å². The molecule has 0 radical (unpaired) electrons. The molecule has 29 heavy (non-hydrogen) atoms. The molecular weight excluding hydrogens is 429 g/mol. The molecule has 3 aromatic rings. The van der Waals surface area contributed by atoms with Gasteiger partial charge in [0, 0.05) is 21.3 Å². The molecule has 0 saturated heterocycles. The van der Waals surface area contributed by atoms with Gasteiger partial charge in [-0.15, -0.1) is 0 Å². The number of aromatic nitrogens is 2. The largest absolute Gasteiger partial charge is 0.471 e. The van der Waals surface area contributed by atoms with Gasteiger partial charge in [-0.1, -0.05) is 41.7 Å². The topological polar surface area (TPSA) is 39.4 Å². The lowest BCUT2D eigenvalue weighted by Crippen LogP contribution is -2.18. The zero-order chi connectivity index (χ0) is 20.7. The van der Waals surface area contributed by atoms with Crippen molar-refractivity contribution in [1.82, 2.24) is 9.55 Å². The molecule has 0 saturated carbocycles. The fourth-order valence-electron chi connectivity index (χ4n) is 3.54. The van der Waals surface area contributed by atoms with Crippen molar-refractivity contribution in [1.29, 1.82) is 0 Å². The minimum Gasteiger partial charge on any atom is -0.471 e. The fourth-order valence-corrected chi connectivity index (χ4v) is 4.16. The first-order valence-electron chi connectivity index (χ1n) is 9.44. The summed E-state index contributed by atoms with van der Waals surface area (Å²) in [5, 5.41) is 1.77. The summed E-state index contributed by atoms with van der Waals surface area (Å²) in [6, 6.07) is 13.1. The van der Waals surface area contributed by atoms with Gasteiger partial charge >= 0.3 is 0 Å². The van der Waals surface area contributed by atoms with Crippen LogP contribution in [-0.4, -0.2) is 27.6 Å². The Balaban J connectivity index is 1.92. The van der Waals surface area contributed by atoms with Gasteiger partial charge in [-0.25, -0.2) is 9.98 Å². The van der Waals surface area contributed by atoms with E-state index in [-0.39, 0.29) is 12.1 Å². The van der Waals surface area contributed by atoms with Crippen molar-refractivity contribution in [2.24, 2.45) is 4.99 Å². The SMILES string of the molecule is CCC1OC(c2nc(-c3ccc(Cl)cc3Cl)n(-c3ccc(Cl)cc3)c2C)=NC1C. The average Bonchev–Trinajstić information content (AvgIpc) is 3.22. The number of nitrogens with zero attached hydrogens (tertiary/aromatic N) is 3. The highest BCUT2D eigenvalue weighted by Crippen LogP contribution is 2.34. The highest BCUT2D eigenvalue weighted by molar-refractivity contribution is 6.36. The third kappa shape index (κ3) is 3.77. The highest BCUT2D eigenvalue weighted by Gasteiger charge is 2.31. The number of aliphatic imine (C=N–C) groups is 1. The normalized spacial score (nSPS) is 18.6. The molecule has 1 aromatic heterocycles. The Morgan fingerprint density at radius 2 is 1.72 bits per heavy atom. The monoisotopic (exact) mass is 447 g/mol. The van der Waals surface area contributed by atoms with Crippen molar-refractivity contribution < 1.29 is 4.74 Å². The van der Waals surface area contributed by atoms with Crippen LogP contribution in [0.3, 0.4) is 0 Å². The summed E-state index contributed by atoms with van der Waals surface area (Å²) in [5.74, 6) is 1.27. The minimum atomic E-state index is 0.0626. The Hall–Kier alpha value is -2.01. The van der Waals surface area contributed by atoms with Crippen LogP contribution < -0.4 is 0 Å². The van der Waals surface area contributed by atoms with E-state index >= 15 is 0 Å². The van der Waals surface area contributed by atoms with Crippen molar-refractivity contribution in [2.75, 3.05) is 0 Å². The summed E-state index contributed by atoms with van der Waals surface area (Å²) in [5.41, 5.74) is 3.32. The number of halogens is 3. The van der Waals surface area contributed by atoms with Crippen LogP contribution in [0.1, 0.15) is 31.7 Å². The maximum atomic E-state index is 6.52. The number of benzene rings is 2. The number of rotatable bonds is 4. The first-order valence-corrected chi connectivity index (χ1v) is 10.6. The van der Waals surface area contributed by atoms with Crippen LogP contribution in [0.15, 0.2) is 47.5 Å². The summed E-state index contributed by atoms with van der Waals surface area (Å²) in [4.78, 5) is 9.61. The van der Waals surface area contributed by atoms with Crippen LogP contribution in [0.5, 0.6) is 0 Å². The number of ether oxygens (including phenoxy) is 1. The summed E-state index contributed by atoms with van der Waals surface area (Å²) in [6.45, 7) is 6.15. The van der Waals surface area contributed by atoms with E-state index in [1.54, 1.807) is 12.1 Å². The van der Waals surface area contributed by atoms with Crippen molar-refractivity contribution in [3.63, 3.8) is 0 Å². The molecule has 150 valence electrons. The quantitative estimate of drug-likeness (QED) is 0.443. The molecule has 0 aliphatic carbocycles. The van der Waals surface area contributed by atoms with E-state index in [2.05, 4.69) is 13.8 Å². The fraction of sp³-hybridized carbons (Fsp3) is 0.273. The van der Waals surface area contributed by atoms with Gasteiger partial charge in [-0.3, -0.25) is 4.57 Å². The van der Waals surface area contributed by atoms with E-state index in [9.17, 15) is 0 Å². The summed E-state index contributed by atoms with van der Waals surface area (Å²) in [6.07, 6.45) is 0.952. The third-order valence-corrected chi connectivity index (χ3v) is 5.89. The lowest BCUT2D eigenvalue weighted by Gasteiger charge is -2.12.